The normalized spacial score (nSPS) is 23.6. The van der Waals surface area contributed by atoms with Gasteiger partial charge in [0.1, 0.15) is 17.6 Å². The van der Waals surface area contributed by atoms with E-state index in [1.807, 2.05) is 0 Å². The van der Waals surface area contributed by atoms with Crippen LogP contribution in [0.5, 0.6) is 0 Å². The van der Waals surface area contributed by atoms with Gasteiger partial charge in [-0.25, -0.2) is 14.2 Å². The molecule has 1 saturated carbocycles. The summed E-state index contributed by atoms with van der Waals surface area (Å²) in [6, 6.07) is 2.50. The highest BCUT2D eigenvalue weighted by atomic mass is 19.1. The van der Waals surface area contributed by atoms with Gasteiger partial charge in [0.2, 0.25) is 0 Å². The first-order valence-corrected chi connectivity index (χ1v) is 5.56. The number of carbonyl (C=O) groups is 1. The molecule has 1 aliphatic rings. The second-order valence-corrected chi connectivity index (χ2v) is 4.01. The van der Waals surface area contributed by atoms with E-state index >= 15 is 0 Å². The topological polar surface area (TPSA) is 48.4 Å². The fourth-order valence-corrected chi connectivity index (χ4v) is 1.99. The Labute approximate surface area is 98.8 Å². The van der Waals surface area contributed by atoms with Crippen molar-refractivity contribution in [2.24, 2.45) is 0 Å². The molecule has 0 N–H and O–H groups in total. The summed E-state index contributed by atoms with van der Waals surface area (Å²) in [5.41, 5.74) is 0.119. The summed E-state index contributed by atoms with van der Waals surface area (Å²) in [6.07, 6.45) is 3.40. The van der Waals surface area contributed by atoms with Gasteiger partial charge in [0, 0.05) is 7.11 Å². The Morgan fingerprint density at radius 3 is 2.82 bits per heavy atom. The maximum Gasteiger partial charge on any atom is 0.357 e. The summed E-state index contributed by atoms with van der Waals surface area (Å²) in [7, 11) is 1.60. The molecule has 0 saturated heterocycles. The molecule has 0 unspecified atom stereocenters. The summed E-state index contributed by atoms with van der Waals surface area (Å²) >= 11 is 0. The molecule has 2 rings (SSSR count). The van der Waals surface area contributed by atoms with Gasteiger partial charge in [-0.3, -0.25) is 0 Å². The second kappa shape index (κ2) is 5.23. The Bertz CT molecular complexity index is 393. The zero-order chi connectivity index (χ0) is 12.3. The SMILES string of the molecule is CO[C@H]1CCC[C@@H]1OC(=O)c1ccc(F)cn1. The lowest BCUT2D eigenvalue weighted by Crippen LogP contribution is -2.28. The molecule has 0 aliphatic heterocycles. The van der Waals surface area contributed by atoms with E-state index in [2.05, 4.69) is 4.98 Å². The van der Waals surface area contributed by atoms with Crippen molar-refractivity contribution >= 4 is 5.97 Å². The van der Waals surface area contributed by atoms with Crippen LogP contribution >= 0.6 is 0 Å². The van der Waals surface area contributed by atoms with Crippen LogP contribution in [0.4, 0.5) is 4.39 Å². The molecule has 0 radical (unpaired) electrons. The summed E-state index contributed by atoms with van der Waals surface area (Å²) in [5, 5.41) is 0. The van der Waals surface area contributed by atoms with E-state index in [-0.39, 0.29) is 17.9 Å². The van der Waals surface area contributed by atoms with Crippen LogP contribution in [0.25, 0.3) is 0 Å². The number of ether oxygens (including phenoxy) is 2. The number of methoxy groups -OCH3 is 1. The number of aromatic nitrogens is 1. The molecule has 5 heteroatoms. The number of hydrogen-bond donors (Lipinski definition) is 0. The van der Waals surface area contributed by atoms with Crippen LogP contribution in [-0.4, -0.2) is 30.3 Å². The summed E-state index contributed by atoms with van der Waals surface area (Å²) in [6.45, 7) is 0. The second-order valence-electron chi connectivity index (χ2n) is 4.01. The van der Waals surface area contributed by atoms with Gasteiger partial charge < -0.3 is 9.47 Å². The quantitative estimate of drug-likeness (QED) is 0.756. The minimum atomic E-state index is -0.529. The van der Waals surface area contributed by atoms with Crippen LogP contribution < -0.4 is 0 Å². The van der Waals surface area contributed by atoms with Gasteiger partial charge in [0.15, 0.2) is 0 Å². The predicted octanol–water partition coefficient (Wildman–Crippen LogP) is 1.94. The number of nitrogens with zero attached hydrogens (tertiary/aromatic N) is 1. The Balaban J connectivity index is 1.99. The predicted molar refractivity (Wildman–Crippen MR) is 58.0 cm³/mol. The number of hydrogen-bond acceptors (Lipinski definition) is 4. The van der Waals surface area contributed by atoms with Crippen molar-refractivity contribution < 1.29 is 18.7 Å². The molecule has 1 fully saturated rings. The third-order valence-electron chi connectivity index (χ3n) is 2.89. The summed E-state index contributed by atoms with van der Waals surface area (Å²) in [4.78, 5) is 15.4. The monoisotopic (exact) mass is 239 g/mol. The Hall–Kier alpha value is -1.49. The zero-order valence-electron chi connectivity index (χ0n) is 9.56. The highest BCUT2D eigenvalue weighted by Gasteiger charge is 2.30. The van der Waals surface area contributed by atoms with Crippen molar-refractivity contribution in [3.63, 3.8) is 0 Å². The van der Waals surface area contributed by atoms with Crippen molar-refractivity contribution in [2.75, 3.05) is 7.11 Å². The zero-order valence-corrected chi connectivity index (χ0v) is 9.56. The van der Waals surface area contributed by atoms with E-state index in [9.17, 15) is 9.18 Å². The average molecular weight is 239 g/mol. The maximum absolute atomic E-state index is 12.6. The van der Waals surface area contributed by atoms with Gasteiger partial charge in [-0.2, -0.15) is 0 Å². The fraction of sp³-hybridized carbons (Fsp3) is 0.500. The lowest BCUT2D eigenvalue weighted by molar-refractivity contribution is -0.0210. The summed E-state index contributed by atoms with van der Waals surface area (Å²) in [5.74, 6) is -1.00. The van der Waals surface area contributed by atoms with Crippen LogP contribution in [-0.2, 0) is 9.47 Å². The fourth-order valence-electron chi connectivity index (χ4n) is 1.99. The molecule has 2 atom stereocenters. The molecule has 4 nitrogen and oxygen atoms in total. The first-order chi connectivity index (χ1) is 8.20. The van der Waals surface area contributed by atoms with Crippen molar-refractivity contribution in [2.45, 2.75) is 31.5 Å². The molecule has 0 bridgehead atoms. The molecule has 1 aromatic heterocycles. The van der Waals surface area contributed by atoms with E-state index in [4.69, 9.17) is 9.47 Å². The summed E-state index contributed by atoms with van der Waals surface area (Å²) < 4.78 is 23.2. The smallest absolute Gasteiger partial charge is 0.357 e. The van der Waals surface area contributed by atoms with Crippen LogP contribution in [0.2, 0.25) is 0 Å². The Morgan fingerprint density at radius 2 is 2.18 bits per heavy atom. The highest BCUT2D eigenvalue weighted by Crippen LogP contribution is 2.25. The average Bonchev–Trinajstić information content (AvgIpc) is 2.77. The lowest BCUT2D eigenvalue weighted by atomic mass is 10.2. The number of pyridine rings is 1. The van der Waals surface area contributed by atoms with Crippen molar-refractivity contribution in [3.05, 3.63) is 29.8 Å². The third kappa shape index (κ3) is 2.79. The van der Waals surface area contributed by atoms with Crippen LogP contribution in [0.1, 0.15) is 29.8 Å². The first-order valence-electron chi connectivity index (χ1n) is 5.56. The molecule has 1 aromatic rings. The van der Waals surface area contributed by atoms with Gasteiger partial charge in [0.05, 0.1) is 12.3 Å². The van der Waals surface area contributed by atoms with E-state index in [0.717, 1.165) is 25.5 Å². The molecule has 0 aromatic carbocycles. The van der Waals surface area contributed by atoms with Crippen LogP contribution in [0.15, 0.2) is 18.3 Å². The van der Waals surface area contributed by atoms with Gasteiger partial charge in [-0.15, -0.1) is 0 Å². The molecule has 0 spiro atoms. The van der Waals surface area contributed by atoms with Crippen molar-refractivity contribution in [1.82, 2.24) is 4.98 Å². The molecule has 1 heterocycles. The van der Waals surface area contributed by atoms with E-state index in [0.29, 0.717) is 0 Å². The molecular formula is C12H14FNO3. The van der Waals surface area contributed by atoms with Crippen molar-refractivity contribution in [1.29, 1.82) is 0 Å². The van der Waals surface area contributed by atoms with Gasteiger partial charge >= 0.3 is 5.97 Å². The van der Waals surface area contributed by atoms with E-state index < -0.39 is 11.8 Å². The van der Waals surface area contributed by atoms with Crippen LogP contribution in [0.3, 0.4) is 0 Å². The maximum atomic E-state index is 12.6. The highest BCUT2D eigenvalue weighted by molar-refractivity contribution is 5.87. The number of halogens is 1. The van der Waals surface area contributed by atoms with Crippen LogP contribution in [0, 0.1) is 5.82 Å². The third-order valence-corrected chi connectivity index (χ3v) is 2.89. The number of carbonyl (C=O) groups excluding carboxylic acids is 1. The van der Waals surface area contributed by atoms with E-state index in [1.165, 1.54) is 12.1 Å². The molecule has 0 amide bonds. The first kappa shape index (κ1) is 12.0. The standard InChI is InChI=1S/C12H14FNO3/c1-16-10-3-2-4-11(10)17-12(15)9-6-5-8(13)7-14-9/h5-7,10-11H,2-4H2,1H3/t10-,11-/m0/s1. The number of rotatable bonds is 3. The van der Waals surface area contributed by atoms with Gasteiger partial charge in [-0.05, 0) is 31.4 Å². The van der Waals surface area contributed by atoms with Gasteiger partial charge in [0.25, 0.3) is 0 Å². The minimum Gasteiger partial charge on any atom is -0.455 e. The van der Waals surface area contributed by atoms with E-state index in [1.54, 1.807) is 7.11 Å². The lowest BCUT2D eigenvalue weighted by Gasteiger charge is -2.18. The Kier molecular flexibility index (Phi) is 3.68. The molecule has 1 aliphatic carbocycles. The molecule has 92 valence electrons. The number of esters is 1. The largest absolute Gasteiger partial charge is 0.455 e. The van der Waals surface area contributed by atoms with Gasteiger partial charge in [-0.1, -0.05) is 0 Å². The van der Waals surface area contributed by atoms with Crippen molar-refractivity contribution in [3.8, 4) is 0 Å². The minimum absolute atomic E-state index is 0.0422. The Morgan fingerprint density at radius 1 is 1.41 bits per heavy atom. The molecular weight excluding hydrogens is 225 g/mol. The molecule has 17 heavy (non-hydrogen) atoms.